The summed E-state index contributed by atoms with van der Waals surface area (Å²) in [5.74, 6) is -0.653. The summed E-state index contributed by atoms with van der Waals surface area (Å²) in [6, 6.07) is 0. The van der Waals surface area contributed by atoms with Crippen molar-refractivity contribution in [2.24, 2.45) is 5.73 Å². The van der Waals surface area contributed by atoms with Gasteiger partial charge in [0.15, 0.2) is 0 Å². The van der Waals surface area contributed by atoms with E-state index in [1.807, 2.05) is 0 Å². The molecule has 0 radical (unpaired) electrons. The molecule has 0 fully saturated rings. The number of halogens is 2. The molecule has 1 heterocycles. The van der Waals surface area contributed by atoms with E-state index in [1.165, 1.54) is 6.20 Å². The van der Waals surface area contributed by atoms with Gasteiger partial charge in [0.05, 0.1) is 10.0 Å². The molecular formula is C7H6Cl2N2O. The minimum absolute atomic E-state index is 0.0542. The fourth-order valence-corrected chi connectivity index (χ4v) is 1.16. The van der Waals surface area contributed by atoms with Gasteiger partial charge >= 0.3 is 0 Å². The predicted octanol–water partition coefficient (Wildman–Crippen LogP) is 1.80. The standard InChI is InChI=1S/C7H6Cl2N2O/c1-3-4(8)2-11-6(5(3)9)7(10)12/h2H,1H3,(H2,10,12). The van der Waals surface area contributed by atoms with Crippen LogP contribution in [0.4, 0.5) is 0 Å². The lowest BCUT2D eigenvalue weighted by Gasteiger charge is -2.02. The predicted molar refractivity (Wildman–Crippen MR) is 47.5 cm³/mol. The second kappa shape index (κ2) is 3.29. The fraction of sp³-hybridized carbons (Fsp3) is 0.143. The van der Waals surface area contributed by atoms with Gasteiger partial charge in [0, 0.05) is 6.20 Å². The lowest BCUT2D eigenvalue weighted by Crippen LogP contribution is -2.14. The maximum Gasteiger partial charge on any atom is 0.268 e. The molecule has 0 unspecified atom stereocenters. The van der Waals surface area contributed by atoms with Crippen LogP contribution in [0.25, 0.3) is 0 Å². The first-order valence-electron chi connectivity index (χ1n) is 3.14. The van der Waals surface area contributed by atoms with Crippen molar-refractivity contribution in [1.29, 1.82) is 0 Å². The number of nitrogens with zero attached hydrogens (tertiary/aromatic N) is 1. The Bertz CT molecular complexity index is 338. The van der Waals surface area contributed by atoms with Crippen LogP contribution in [0.3, 0.4) is 0 Å². The van der Waals surface area contributed by atoms with E-state index in [4.69, 9.17) is 28.9 Å². The van der Waals surface area contributed by atoms with Crippen molar-refractivity contribution in [2.75, 3.05) is 0 Å². The highest BCUT2D eigenvalue weighted by Gasteiger charge is 2.12. The number of aromatic nitrogens is 1. The van der Waals surface area contributed by atoms with Crippen LogP contribution >= 0.6 is 23.2 Å². The summed E-state index contributed by atoms with van der Waals surface area (Å²) in [5, 5.41) is 0.639. The number of primary amides is 1. The van der Waals surface area contributed by atoms with Crippen molar-refractivity contribution in [3.63, 3.8) is 0 Å². The Morgan fingerprint density at radius 1 is 1.58 bits per heavy atom. The zero-order chi connectivity index (χ0) is 9.30. The lowest BCUT2D eigenvalue weighted by molar-refractivity contribution is 0.0995. The smallest absolute Gasteiger partial charge is 0.268 e. The summed E-state index contributed by atoms with van der Waals surface area (Å²) in [6.07, 6.45) is 1.35. The van der Waals surface area contributed by atoms with E-state index in [-0.39, 0.29) is 10.7 Å². The Hall–Kier alpha value is -0.800. The number of pyridine rings is 1. The largest absolute Gasteiger partial charge is 0.364 e. The van der Waals surface area contributed by atoms with Crippen molar-refractivity contribution in [3.05, 3.63) is 27.5 Å². The van der Waals surface area contributed by atoms with Gasteiger partial charge in [-0.1, -0.05) is 23.2 Å². The molecule has 1 rings (SSSR count). The molecule has 2 N–H and O–H groups in total. The Morgan fingerprint density at radius 2 is 2.17 bits per heavy atom. The number of hydrogen-bond donors (Lipinski definition) is 1. The quantitative estimate of drug-likeness (QED) is 0.759. The Kier molecular flexibility index (Phi) is 2.55. The van der Waals surface area contributed by atoms with Gasteiger partial charge in [-0.25, -0.2) is 4.98 Å². The maximum atomic E-state index is 10.7. The first-order valence-corrected chi connectivity index (χ1v) is 3.90. The number of rotatable bonds is 1. The summed E-state index contributed by atoms with van der Waals surface area (Å²) in [7, 11) is 0. The molecule has 5 heteroatoms. The van der Waals surface area contributed by atoms with Gasteiger partial charge in [-0.15, -0.1) is 0 Å². The van der Waals surface area contributed by atoms with Gasteiger partial charge in [0.2, 0.25) is 0 Å². The van der Waals surface area contributed by atoms with Crippen LogP contribution in [-0.2, 0) is 0 Å². The topological polar surface area (TPSA) is 56.0 Å². The molecule has 1 aromatic heterocycles. The molecule has 0 atom stereocenters. The highest BCUT2D eigenvalue weighted by molar-refractivity contribution is 6.37. The molecule has 12 heavy (non-hydrogen) atoms. The molecule has 0 bridgehead atoms. The zero-order valence-electron chi connectivity index (χ0n) is 6.27. The molecule has 0 aliphatic carbocycles. The molecular weight excluding hydrogens is 199 g/mol. The number of amides is 1. The van der Waals surface area contributed by atoms with E-state index in [0.717, 1.165) is 0 Å². The normalized spacial score (nSPS) is 9.92. The number of nitrogens with two attached hydrogens (primary N) is 1. The molecule has 0 saturated heterocycles. The van der Waals surface area contributed by atoms with Gasteiger partial charge in [0.1, 0.15) is 5.69 Å². The molecule has 3 nitrogen and oxygen atoms in total. The lowest BCUT2D eigenvalue weighted by atomic mass is 10.2. The SMILES string of the molecule is Cc1c(Cl)cnc(C(N)=O)c1Cl. The summed E-state index contributed by atoms with van der Waals surface area (Å²) >= 11 is 11.4. The van der Waals surface area contributed by atoms with Crippen molar-refractivity contribution >= 4 is 29.1 Å². The van der Waals surface area contributed by atoms with E-state index >= 15 is 0 Å². The average molecular weight is 205 g/mol. The van der Waals surface area contributed by atoms with Gasteiger partial charge in [-0.2, -0.15) is 0 Å². The zero-order valence-corrected chi connectivity index (χ0v) is 7.78. The number of carbonyl (C=O) groups is 1. The number of hydrogen-bond acceptors (Lipinski definition) is 2. The molecule has 0 aliphatic heterocycles. The highest BCUT2D eigenvalue weighted by Crippen LogP contribution is 2.24. The Morgan fingerprint density at radius 3 is 2.67 bits per heavy atom. The van der Waals surface area contributed by atoms with Crippen molar-refractivity contribution in [2.45, 2.75) is 6.92 Å². The number of carbonyl (C=O) groups excluding carboxylic acids is 1. The van der Waals surface area contributed by atoms with Crippen LogP contribution in [0, 0.1) is 6.92 Å². The van der Waals surface area contributed by atoms with Crippen molar-refractivity contribution in [1.82, 2.24) is 4.98 Å². The summed E-state index contributed by atoms with van der Waals surface area (Å²) in [4.78, 5) is 14.4. The van der Waals surface area contributed by atoms with E-state index in [2.05, 4.69) is 4.98 Å². The third-order valence-electron chi connectivity index (χ3n) is 1.44. The third kappa shape index (κ3) is 1.52. The van der Waals surface area contributed by atoms with E-state index in [9.17, 15) is 4.79 Å². The van der Waals surface area contributed by atoms with E-state index in [1.54, 1.807) is 6.92 Å². The second-order valence-corrected chi connectivity index (χ2v) is 3.04. The van der Waals surface area contributed by atoms with Gasteiger partial charge in [-0.3, -0.25) is 4.79 Å². The van der Waals surface area contributed by atoms with Gasteiger partial charge in [-0.05, 0) is 12.5 Å². The molecule has 1 amide bonds. The van der Waals surface area contributed by atoms with Crippen LogP contribution in [0.1, 0.15) is 16.1 Å². The van der Waals surface area contributed by atoms with Crippen molar-refractivity contribution in [3.8, 4) is 0 Å². The van der Waals surface area contributed by atoms with Crippen molar-refractivity contribution < 1.29 is 4.79 Å². The van der Waals surface area contributed by atoms with Crippen LogP contribution in [0.15, 0.2) is 6.20 Å². The fourth-order valence-electron chi connectivity index (χ4n) is 0.729. The monoisotopic (exact) mass is 204 g/mol. The van der Waals surface area contributed by atoms with Gasteiger partial charge < -0.3 is 5.73 Å². The van der Waals surface area contributed by atoms with Crippen LogP contribution in [-0.4, -0.2) is 10.9 Å². The molecule has 0 saturated carbocycles. The molecule has 1 aromatic rings. The summed E-state index contributed by atoms with van der Waals surface area (Å²) in [5.41, 5.74) is 5.67. The summed E-state index contributed by atoms with van der Waals surface area (Å²) in [6.45, 7) is 1.69. The van der Waals surface area contributed by atoms with Crippen LogP contribution < -0.4 is 5.73 Å². The molecule has 0 spiro atoms. The van der Waals surface area contributed by atoms with Crippen LogP contribution in [0.5, 0.6) is 0 Å². The van der Waals surface area contributed by atoms with Crippen LogP contribution in [0.2, 0.25) is 10.0 Å². The second-order valence-electron chi connectivity index (χ2n) is 2.26. The maximum absolute atomic E-state index is 10.7. The first-order chi connectivity index (χ1) is 5.54. The molecule has 0 aromatic carbocycles. The molecule has 0 aliphatic rings. The first kappa shape index (κ1) is 9.29. The average Bonchev–Trinajstić information content (AvgIpc) is 2.00. The minimum atomic E-state index is -0.653. The minimum Gasteiger partial charge on any atom is -0.364 e. The Balaban J connectivity index is 3.36. The van der Waals surface area contributed by atoms with E-state index in [0.29, 0.717) is 10.6 Å². The Labute approximate surface area is 79.5 Å². The molecule has 64 valence electrons. The highest BCUT2D eigenvalue weighted by atomic mass is 35.5. The van der Waals surface area contributed by atoms with E-state index < -0.39 is 5.91 Å². The van der Waals surface area contributed by atoms with Gasteiger partial charge in [0.25, 0.3) is 5.91 Å². The summed E-state index contributed by atoms with van der Waals surface area (Å²) < 4.78 is 0. The third-order valence-corrected chi connectivity index (χ3v) is 2.28.